The Morgan fingerprint density at radius 1 is 1.06 bits per heavy atom. The predicted molar refractivity (Wildman–Crippen MR) is 74.9 cm³/mol. The van der Waals surface area contributed by atoms with Crippen LogP contribution in [0.4, 0.5) is 0 Å². The molecule has 0 unspecified atom stereocenters. The maximum Gasteiger partial charge on any atom is 0.0360 e. The molecule has 94 valence electrons. The van der Waals surface area contributed by atoms with E-state index in [0.29, 0.717) is 0 Å². The molecule has 0 atom stereocenters. The van der Waals surface area contributed by atoms with Crippen molar-refractivity contribution in [2.45, 2.75) is 33.4 Å². The van der Waals surface area contributed by atoms with Crippen LogP contribution in [0.1, 0.15) is 27.9 Å². The van der Waals surface area contributed by atoms with Crippen molar-refractivity contribution in [3.63, 3.8) is 0 Å². The van der Waals surface area contributed by atoms with Gasteiger partial charge in [-0.25, -0.2) is 0 Å². The fourth-order valence-corrected chi connectivity index (χ4v) is 2.90. The molecule has 0 saturated carbocycles. The van der Waals surface area contributed by atoms with Crippen LogP contribution >= 0.6 is 0 Å². The maximum atomic E-state index is 3.42. The van der Waals surface area contributed by atoms with Crippen LogP contribution in [-0.4, -0.2) is 11.1 Å². The van der Waals surface area contributed by atoms with Gasteiger partial charge in [-0.3, -0.25) is 0 Å². The first-order valence-electron chi connectivity index (χ1n) is 6.66. The summed E-state index contributed by atoms with van der Waals surface area (Å²) in [6.45, 7) is 7.54. The first-order chi connectivity index (χ1) is 8.70. The van der Waals surface area contributed by atoms with Crippen molar-refractivity contribution >= 4 is 0 Å². The number of benzene rings is 1. The Balaban J connectivity index is 1.85. The molecule has 0 aliphatic carbocycles. The summed E-state index contributed by atoms with van der Waals surface area (Å²) in [4.78, 5) is 0. The van der Waals surface area contributed by atoms with Crippen LogP contribution in [0.25, 0.3) is 0 Å². The molecule has 1 N–H and O–H groups in total. The second-order valence-corrected chi connectivity index (χ2v) is 5.38. The van der Waals surface area contributed by atoms with Crippen LogP contribution in [-0.2, 0) is 19.5 Å². The molecular weight excluding hydrogens is 220 g/mol. The molecule has 3 rings (SSSR count). The zero-order valence-electron chi connectivity index (χ0n) is 11.2. The second-order valence-electron chi connectivity index (χ2n) is 5.38. The Hall–Kier alpha value is -1.54. The third-order valence-corrected chi connectivity index (χ3v) is 3.57. The third kappa shape index (κ3) is 2.34. The van der Waals surface area contributed by atoms with Crippen molar-refractivity contribution in [1.82, 2.24) is 9.88 Å². The number of fused-ring (bicyclic) bond motifs is 1. The number of hydrogen-bond donors (Lipinski definition) is 1. The number of hydrogen-bond acceptors (Lipinski definition) is 1. The van der Waals surface area contributed by atoms with Crippen molar-refractivity contribution in [2.24, 2.45) is 0 Å². The summed E-state index contributed by atoms with van der Waals surface area (Å²) in [7, 11) is 0. The predicted octanol–water partition coefficient (Wildman–Crippen LogP) is 2.80. The average molecular weight is 240 g/mol. The quantitative estimate of drug-likeness (QED) is 0.854. The SMILES string of the molecule is Cc1cc(C)cc(Cc2cc3n(c2)CCNC3)c1. The first kappa shape index (κ1) is 11.5. The van der Waals surface area contributed by atoms with E-state index in [1.807, 2.05) is 0 Å². The van der Waals surface area contributed by atoms with Gasteiger partial charge in [0.1, 0.15) is 0 Å². The molecule has 0 spiro atoms. The van der Waals surface area contributed by atoms with Gasteiger partial charge in [0.25, 0.3) is 0 Å². The maximum absolute atomic E-state index is 3.42. The van der Waals surface area contributed by atoms with Gasteiger partial charge >= 0.3 is 0 Å². The third-order valence-electron chi connectivity index (χ3n) is 3.57. The summed E-state index contributed by atoms with van der Waals surface area (Å²) in [5.74, 6) is 0. The van der Waals surface area contributed by atoms with Gasteiger partial charge in [-0.15, -0.1) is 0 Å². The highest BCUT2D eigenvalue weighted by Gasteiger charge is 2.10. The summed E-state index contributed by atoms with van der Waals surface area (Å²) in [5, 5.41) is 3.42. The molecule has 18 heavy (non-hydrogen) atoms. The fourth-order valence-electron chi connectivity index (χ4n) is 2.90. The van der Waals surface area contributed by atoms with E-state index in [4.69, 9.17) is 0 Å². The zero-order valence-corrected chi connectivity index (χ0v) is 11.2. The van der Waals surface area contributed by atoms with E-state index in [2.05, 4.69) is 54.2 Å². The molecular formula is C16H20N2. The molecule has 0 amide bonds. The molecule has 2 nitrogen and oxygen atoms in total. The summed E-state index contributed by atoms with van der Waals surface area (Å²) in [5.41, 5.74) is 6.98. The number of nitrogens with zero attached hydrogens (tertiary/aromatic N) is 1. The van der Waals surface area contributed by atoms with Crippen molar-refractivity contribution in [3.05, 3.63) is 58.4 Å². The fraction of sp³-hybridized carbons (Fsp3) is 0.375. The minimum Gasteiger partial charge on any atom is -0.349 e. The lowest BCUT2D eigenvalue weighted by atomic mass is 10.0. The minimum atomic E-state index is 1.01. The highest BCUT2D eigenvalue weighted by atomic mass is 15.1. The standard InChI is InChI=1S/C16H20N2/c1-12-5-13(2)7-14(6-12)8-15-9-16-10-17-3-4-18(16)11-15/h5-7,9,11,17H,3-4,8,10H2,1-2H3. The Morgan fingerprint density at radius 2 is 1.83 bits per heavy atom. The summed E-state index contributed by atoms with van der Waals surface area (Å²) in [6.07, 6.45) is 3.36. The van der Waals surface area contributed by atoms with E-state index in [1.165, 1.54) is 27.9 Å². The van der Waals surface area contributed by atoms with E-state index < -0.39 is 0 Å². The Labute approximate surface area is 109 Å². The molecule has 0 saturated heterocycles. The second kappa shape index (κ2) is 4.62. The van der Waals surface area contributed by atoms with Gasteiger partial charge in [0.2, 0.25) is 0 Å². The number of nitrogens with one attached hydrogen (secondary N) is 1. The lowest BCUT2D eigenvalue weighted by molar-refractivity contribution is 0.516. The molecule has 1 aliphatic heterocycles. The summed E-state index contributed by atoms with van der Waals surface area (Å²) < 4.78 is 2.38. The average Bonchev–Trinajstić information content (AvgIpc) is 2.69. The smallest absolute Gasteiger partial charge is 0.0360 e. The van der Waals surface area contributed by atoms with Gasteiger partial charge in [0.15, 0.2) is 0 Å². The van der Waals surface area contributed by atoms with Gasteiger partial charge < -0.3 is 9.88 Å². The minimum absolute atomic E-state index is 1.01. The van der Waals surface area contributed by atoms with Gasteiger partial charge in [-0.05, 0) is 37.5 Å². The number of aryl methyl sites for hydroxylation is 2. The van der Waals surface area contributed by atoms with Crippen molar-refractivity contribution in [1.29, 1.82) is 0 Å². The Kier molecular flexibility index (Phi) is 2.96. The normalized spacial score (nSPS) is 14.6. The summed E-state index contributed by atoms with van der Waals surface area (Å²) >= 11 is 0. The van der Waals surface area contributed by atoms with Gasteiger partial charge in [-0.2, -0.15) is 0 Å². The van der Waals surface area contributed by atoms with E-state index >= 15 is 0 Å². The van der Waals surface area contributed by atoms with Crippen molar-refractivity contribution in [3.8, 4) is 0 Å². The van der Waals surface area contributed by atoms with Crippen LogP contribution in [0.3, 0.4) is 0 Å². The van der Waals surface area contributed by atoms with Crippen LogP contribution in [0, 0.1) is 13.8 Å². The van der Waals surface area contributed by atoms with Crippen LogP contribution < -0.4 is 5.32 Å². The van der Waals surface area contributed by atoms with E-state index in [0.717, 1.165) is 26.1 Å². The van der Waals surface area contributed by atoms with Gasteiger partial charge in [-0.1, -0.05) is 29.3 Å². The largest absolute Gasteiger partial charge is 0.349 e. The van der Waals surface area contributed by atoms with Crippen molar-refractivity contribution in [2.75, 3.05) is 6.54 Å². The molecule has 1 aromatic heterocycles. The van der Waals surface area contributed by atoms with Crippen LogP contribution in [0.15, 0.2) is 30.5 Å². The Bertz CT molecular complexity index is 523. The Morgan fingerprint density at radius 3 is 2.56 bits per heavy atom. The summed E-state index contributed by atoms with van der Waals surface area (Å²) in [6, 6.07) is 9.16. The molecule has 0 radical (unpaired) electrons. The number of rotatable bonds is 2. The molecule has 2 heterocycles. The van der Waals surface area contributed by atoms with Crippen molar-refractivity contribution < 1.29 is 0 Å². The van der Waals surface area contributed by atoms with E-state index in [9.17, 15) is 0 Å². The molecule has 1 aliphatic rings. The molecule has 1 aromatic carbocycles. The van der Waals surface area contributed by atoms with Crippen LogP contribution in [0.5, 0.6) is 0 Å². The highest BCUT2D eigenvalue weighted by molar-refractivity contribution is 5.33. The first-order valence-corrected chi connectivity index (χ1v) is 6.66. The van der Waals surface area contributed by atoms with E-state index in [1.54, 1.807) is 0 Å². The molecule has 0 fully saturated rings. The highest BCUT2D eigenvalue weighted by Crippen LogP contribution is 2.17. The topological polar surface area (TPSA) is 17.0 Å². The number of aromatic nitrogens is 1. The zero-order chi connectivity index (χ0) is 12.5. The van der Waals surface area contributed by atoms with E-state index in [-0.39, 0.29) is 0 Å². The van der Waals surface area contributed by atoms with Gasteiger partial charge in [0, 0.05) is 31.5 Å². The molecule has 2 heteroatoms. The molecule has 2 aromatic rings. The lowest BCUT2D eigenvalue weighted by Crippen LogP contribution is -2.27. The van der Waals surface area contributed by atoms with Crippen LogP contribution in [0.2, 0.25) is 0 Å². The lowest BCUT2D eigenvalue weighted by Gasteiger charge is -2.15. The monoisotopic (exact) mass is 240 g/mol. The molecule has 0 bridgehead atoms. The van der Waals surface area contributed by atoms with Gasteiger partial charge in [0.05, 0.1) is 0 Å².